The van der Waals surface area contributed by atoms with E-state index in [2.05, 4.69) is 21.8 Å². The molecule has 0 amide bonds. The normalized spacial score (nSPS) is 10.4. The summed E-state index contributed by atoms with van der Waals surface area (Å²) in [5.74, 6) is 1.66. The Kier molecular flexibility index (Phi) is 3.69. The van der Waals surface area contributed by atoms with Crippen LogP contribution in [0, 0.1) is 13.8 Å². The molecule has 0 spiro atoms. The van der Waals surface area contributed by atoms with Gasteiger partial charge in [0.05, 0.1) is 0 Å². The lowest BCUT2D eigenvalue weighted by molar-refractivity contribution is 0.823. The van der Waals surface area contributed by atoms with Crippen LogP contribution in [-0.4, -0.2) is 23.6 Å². The van der Waals surface area contributed by atoms with Crippen LogP contribution in [0.25, 0.3) is 0 Å². The summed E-state index contributed by atoms with van der Waals surface area (Å²) < 4.78 is 0. The van der Waals surface area contributed by atoms with Crippen molar-refractivity contribution >= 4 is 17.4 Å². The van der Waals surface area contributed by atoms with Crippen molar-refractivity contribution in [1.29, 1.82) is 0 Å². The van der Waals surface area contributed by atoms with Gasteiger partial charge in [0.2, 0.25) is 0 Å². The molecule has 0 bridgehead atoms. The van der Waals surface area contributed by atoms with Gasteiger partial charge in [0, 0.05) is 19.2 Å². The van der Waals surface area contributed by atoms with Crippen molar-refractivity contribution in [2.24, 2.45) is 0 Å². The molecule has 78 valence electrons. The summed E-state index contributed by atoms with van der Waals surface area (Å²) in [4.78, 5) is 10.6. The van der Waals surface area contributed by atoms with E-state index in [1.807, 2.05) is 20.9 Å². The Balaban J connectivity index is 3.07. The summed E-state index contributed by atoms with van der Waals surface area (Å²) in [5.41, 5.74) is 0.952. The Labute approximate surface area is 90.1 Å². The van der Waals surface area contributed by atoms with Gasteiger partial charge in [-0.15, -0.1) is 0 Å². The van der Waals surface area contributed by atoms with Crippen molar-refractivity contribution in [2.45, 2.75) is 27.2 Å². The molecule has 1 heterocycles. The zero-order valence-corrected chi connectivity index (χ0v) is 9.89. The minimum atomic E-state index is 0.551. The van der Waals surface area contributed by atoms with Crippen molar-refractivity contribution in [1.82, 2.24) is 9.97 Å². The summed E-state index contributed by atoms with van der Waals surface area (Å²) in [7, 11) is 2.02. The van der Waals surface area contributed by atoms with Gasteiger partial charge in [0.25, 0.3) is 0 Å². The van der Waals surface area contributed by atoms with Crippen LogP contribution in [0.5, 0.6) is 0 Å². The van der Waals surface area contributed by atoms with E-state index in [1.165, 1.54) is 0 Å². The lowest BCUT2D eigenvalue weighted by Crippen LogP contribution is -2.21. The highest BCUT2D eigenvalue weighted by molar-refractivity contribution is 6.30. The van der Waals surface area contributed by atoms with Gasteiger partial charge in [-0.2, -0.15) is 0 Å². The minimum absolute atomic E-state index is 0.551. The van der Waals surface area contributed by atoms with E-state index >= 15 is 0 Å². The zero-order valence-electron chi connectivity index (χ0n) is 9.13. The van der Waals surface area contributed by atoms with Crippen LogP contribution in [0.1, 0.15) is 24.7 Å². The van der Waals surface area contributed by atoms with Gasteiger partial charge in [0.1, 0.15) is 16.8 Å². The third-order valence-electron chi connectivity index (χ3n) is 2.09. The van der Waals surface area contributed by atoms with Gasteiger partial charge in [-0.25, -0.2) is 9.97 Å². The largest absolute Gasteiger partial charge is 0.359 e. The van der Waals surface area contributed by atoms with Gasteiger partial charge in [-0.05, 0) is 20.3 Å². The molecule has 0 aliphatic heterocycles. The smallest absolute Gasteiger partial charge is 0.137 e. The Morgan fingerprint density at radius 1 is 1.29 bits per heavy atom. The molecular formula is C10H16ClN3. The second-order valence-corrected chi connectivity index (χ2v) is 3.79. The topological polar surface area (TPSA) is 29.0 Å². The standard InChI is InChI=1S/C10H16ClN3/c1-5-6-14(4)10-7(2)9(11)12-8(3)13-10/h5-6H2,1-4H3. The number of nitrogens with zero attached hydrogens (tertiary/aromatic N) is 3. The van der Waals surface area contributed by atoms with Crippen molar-refractivity contribution in [3.8, 4) is 0 Å². The predicted molar refractivity (Wildman–Crippen MR) is 60.1 cm³/mol. The quantitative estimate of drug-likeness (QED) is 0.723. The predicted octanol–water partition coefficient (Wildman–Crippen LogP) is 2.59. The van der Waals surface area contributed by atoms with Gasteiger partial charge in [0.15, 0.2) is 0 Å². The number of hydrogen-bond donors (Lipinski definition) is 0. The number of anilines is 1. The van der Waals surface area contributed by atoms with Gasteiger partial charge in [-0.3, -0.25) is 0 Å². The number of rotatable bonds is 3. The first-order valence-electron chi connectivity index (χ1n) is 4.78. The molecule has 1 rings (SSSR count). The summed E-state index contributed by atoms with van der Waals surface area (Å²) in [6, 6.07) is 0. The number of aryl methyl sites for hydroxylation is 1. The third-order valence-corrected chi connectivity index (χ3v) is 2.46. The van der Waals surface area contributed by atoms with Crippen LogP contribution in [0.4, 0.5) is 5.82 Å². The fourth-order valence-corrected chi connectivity index (χ4v) is 1.60. The Bertz CT molecular complexity index is 325. The van der Waals surface area contributed by atoms with Crippen LogP contribution in [-0.2, 0) is 0 Å². The van der Waals surface area contributed by atoms with E-state index in [-0.39, 0.29) is 0 Å². The third kappa shape index (κ3) is 2.35. The minimum Gasteiger partial charge on any atom is -0.359 e. The van der Waals surface area contributed by atoms with E-state index in [1.54, 1.807) is 0 Å². The van der Waals surface area contributed by atoms with Crippen molar-refractivity contribution < 1.29 is 0 Å². The second kappa shape index (κ2) is 4.60. The Morgan fingerprint density at radius 3 is 2.50 bits per heavy atom. The molecule has 0 saturated heterocycles. The summed E-state index contributed by atoms with van der Waals surface area (Å²) in [6.45, 7) is 6.92. The van der Waals surface area contributed by atoms with E-state index < -0.39 is 0 Å². The van der Waals surface area contributed by atoms with Crippen LogP contribution in [0.2, 0.25) is 5.15 Å². The molecule has 1 aromatic heterocycles. The number of hydrogen-bond acceptors (Lipinski definition) is 3. The molecule has 1 aromatic rings. The molecule has 14 heavy (non-hydrogen) atoms. The Hall–Kier alpha value is -0.830. The first-order chi connectivity index (χ1) is 6.56. The van der Waals surface area contributed by atoms with Gasteiger partial charge < -0.3 is 4.90 Å². The summed E-state index contributed by atoms with van der Waals surface area (Å²) in [5, 5.41) is 0.551. The molecule has 0 unspecified atom stereocenters. The molecule has 0 aromatic carbocycles. The number of aromatic nitrogens is 2. The monoisotopic (exact) mass is 213 g/mol. The maximum atomic E-state index is 5.99. The highest BCUT2D eigenvalue weighted by atomic mass is 35.5. The maximum Gasteiger partial charge on any atom is 0.137 e. The van der Waals surface area contributed by atoms with Crippen molar-refractivity contribution in [2.75, 3.05) is 18.5 Å². The molecule has 0 aliphatic rings. The van der Waals surface area contributed by atoms with Crippen LogP contribution in [0.3, 0.4) is 0 Å². The molecule has 0 N–H and O–H groups in total. The Morgan fingerprint density at radius 2 is 1.93 bits per heavy atom. The lowest BCUT2D eigenvalue weighted by Gasteiger charge is -2.19. The van der Waals surface area contributed by atoms with Crippen LogP contribution >= 0.6 is 11.6 Å². The highest BCUT2D eigenvalue weighted by Crippen LogP contribution is 2.22. The fraction of sp³-hybridized carbons (Fsp3) is 0.600. The molecule has 0 fully saturated rings. The molecule has 3 nitrogen and oxygen atoms in total. The van der Waals surface area contributed by atoms with Crippen LogP contribution in [0.15, 0.2) is 0 Å². The lowest BCUT2D eigenvalue weighted by atomic mass is 10.3. The van der Waals surface area contributed by atoms with E-state index in [0.29, 0.717) is 5.15 Å². The maximum absolute atomic E-state index is 5.99. The van der Waals surface area contributed by atoms with E-state index in [0.717, 1.165) is 30.2 Å². The SMILES string of the molecule is CCCN(C)c1nc(C)nc(Cl)c1C. The van der Waals surface area contributed by atoms with E-state index in [9.17, 15) is 0 Å². The van der Waals surface area contributed by atoms with E-state index in [4.69, 9.17) is 11.6 Å². The average Bonchev–Trinajstić information content (AvgIpc) is 2.11. The average molecular weight is 214 g/mol. The molecule has 0 aliphatic carbocycles. The van der Waals surface area contributed by atoms with Crippen LogP contribution < -0.4 is 4.90 Å². The van der Waals surface area contributed by atoms with Crippen molar-refractivity contribution in [3.05, 3.63) is 16.5 Å². The molecule has 0 atom stereocenters. The van der Waals surface area contributed by atoms with Gasteiger partial charge in [-0.1, -0.05) is 18.5 Å². The molecular weight excluding hydrogens is 198 g/mol. The molecule has 4 heteroatoms. The first kappa shape index (κ1) is 11.2. The number of halogens is 1. The zero-order chi connectivity index (χ0) is 10.7. The second-order valence-electron chi connectivity index (χ2n) is 3.43. The molecule has 0 radical (unpaired) electrons. The molecule has 0 saturated carbocycles. The summed E-state index contributed by atoms with van der Waals surface area (Å²) in [6.07, 6.45) is 1.09. The van der Waals surface area contributed by atoms with Crippen molar-refractivity contribution in [3.63, 3.8) is 0 Å². The highest BCUT2D eigenvalue weighted by Gasteiger charge is 2.10. The fourth-order valence-electron chi connectivity index (χ4n) is 1.39. The summed E-state index contributed by atoms with van der Waals surface area (Å²) >= 11 is 5.99. The first-order valence-corrected chi connectivity index (χ1v) is 5.16. The van der Waals surface area contributed by atoms with Gasteiger partial charge >= 0.3 is 0 Å².